The summed E-state index contributed by atoms with van der Waals surface area (Å²) in [5.41, 5.74) is 1.05. The minimum absolute atomic E-state index is 0.187. The zero-order valence-corrected chi connectivity index (χ0v) is 11.9. The second kappa shape index (κ2) is 6.62. The molecule has 1 amide bonds. The number of unbranched alkanes of at least 4 members (excludes halogenated alkanes) is 1. The number of hydrogen-bond donors (Lipinski definition) is 0. The first kappa shape index (κ1) is 14.8. The average Bonchev–Trinajstić information content (AvgIpc) is 2.28. The SMILES string of the molecule is C=CCCC=C1CCN(C(=O)OC(C)(C)C)CC1. The lowest BCUT2D eigenvalue weighted by atomic mass is 10.0. The quantitative estimate of drug-likeness (QED) is 0.562. The molecule has 1 rings (SSSR count). The summed E-state index contributed by atoms with van der Waals surface area (Å²) in [7, 11) is 0. The summed E-state index contributed by atoms with van der Waals surface area (Å²) in [6.07, 6.45) is 8.06. The predicted octanol–water partition coefficient (Wildman–Crippen LogP) is 3.91. The van der Waals surface area contributed by atoms with Gasteiger partial charge < -0.3 is 9.64 Å². The number of nitrogens with zero attached hydrogens (tertiary/aromatic N) is 1. The normalized spacial score (nSPS) is 16.4. The summed E-state index contributed by atoms with van der Waals surface area (Å²) in [5, 5.41) is 0. The van der Waals surface area contributed by atoms with Gasteiger partial charge in [0.2, 0.25) is 0 Å². The van der Waals surface area contributed by atoms with Crippen molar-refractivity contribution in [1.29, 1.82) is 0 Å². The van der Waals surface area contributed by atoms with E-state index in [2.05, 4.69) is 12.7 Å². The van der Waals surface area contributed by atoms with Crippen LogP contribution in [0.1, 0.15) is 46.5 Å². The van der Waals surface area contributed by atoms with Crippen LogP contribution in [0.3, 0.4) is 0 Å². The Morgan fingerprint density at radius 1 is 1.33 bits per heavy atom. The minimum Gasteiger partial charge on any atom is -0.444 e. The van der Waals surface area contributed by atoms with Crippen molar-refractivity contribution in [1.82, 2.24) is 4.90 Å². The van der Waals surface area contributed by atoms with Crippen molar-refractivity contribution < 1.29 is 9.53 Å². The topological polar surface area (TPSA) is 29.5 Å². The van der Waals surface area contributed by atoms with Gasteiger partial charge in [0, 0.05) is 13.1 Å². The van der Waals surface area contributed by atoms with Gasteiger partial charge in [-0.15, -0.1) is 6.58 Å². The highest BCUT2D eigenvalue weighted by atomic mass is 16.6. The minimum atomic E-state index is -0.406. The van der Waals surface area contributed by atoms with Crippen molar-refractivity contribution in [2.24, 2.45) is 0 Å². The van der Waals surface area contributed by atoms with Crippen LogP contribution in [0.15, 0.2) is 24.3 Å². The molecule has 3 nitrogen and oxygen atoms in total. The number of amides is 1. The second-order valence-corrected chi connectivity index (χ2v) is 5.70. The van der Waals surface area contributed by atoms with Crippen LogP contribution >= 0.6 is 0 Å². The summed E-state index contributed by atoms with van der Waals surface area (Å²) in [4.78, 5) is 13.7. The van der Waals surface area contributed by atoms with Gasteiger partial charge in [-0.25, -0.2) is 4.79 Å². The molecule has 0 aromatic heterocycles. The van der Waals surface area contributed by atoms with Crippen LogP contribution in [-0.4, -0.2) is 29.7 Å². The molecule has 1 aliphatic heterocycles. The fraction of sp³-hybridized carbons (Fsp3) is 0.667. The van der Waals surface area contributed by atoms with E-state index >= 15 is 0 Å². The second-order valence-electron chi connectivity index (χ2n) is 5.70. The number of rotatable bonds is 3. The molecule has 0 spiro atoms. The fourth-order valence-electron chi connectivity index (χ4n) is 1.91. The first-order valence-electron chi connectivity index (χ1n) is 6.69. The Kier molecular flexibility index (Phi) is 5.45. The van der Waals surface area contributed by atoms with Crippen molar-refractivity contribution in [3.8, 4) is 0 Å². The molecular formula is C15H25NO2. The summed E-state index contributed by atoms with van der Waals surface area (Å²) >= 11 is 0. The number of piperidine rings is 1. The molecule has 0 aliphatic carbocycles. The Morgan fingerprint density at radius 3 is 2.44 bits per heavy atom. The molecule has 0 aromatic rings. The summed E-state index contributed by atoms with van der Waals surface area (Å²) < 4.78 is 5.37. The van der Waals surface area contributed by atoms with E-state index in [1.165, 1.54) is 5.57 Å². The first-order valence-corrected chi connectivity index (χ1v) is 6.69. The van der Waals surface area contributed by atoms with Gasteiger partial charge in [0.25, 0.3) is 0 Å². The van der Waals surface area contributed by atoms with Crippen molar-refractivity contribution >= 4 is 6.09 Å². The highest BCUT2D eigenvalue weighted by Crippen LogP contribution is 2.19. The van der Waals surface area contributed by atoms with E-state index in [-0.39, 0.29) is 6.09 Å². The Labute approximate surface area is 110 Å². The highest BCUT2D eigenvalue weighted by molar-refractivity contribution is 5.68. The van der Waals surface area contributed by atoms with Gasteiger partial charge in [0.1, 0.15) is 5.60 Å². The van der Waals surface area contributed by atoms with E-state index in [1.807, 2.05) is 26.8 Å². The van der Waals surface area contributed by atoms with Crippen LogP contribution in [0, 0.1) is 0 Å². The molecule has 0 N–H and O–H groups in total. The number of carbonyl (C=O) groups is 1. The standard InChI is InChI=1S/C15H25NO2/c1-5-6-7-8-13-9-11-16(12-10-13)14(17)18-15(2,3)4/h5,8H,1,6-7,9-12H2,2-4H3. The zero-order chi connectivity index (χ0) is 13.6. The Hall–Kier alpha value is -1.25. The van der Waals surface area contributed by atoms with Gasteiger partial charge in [0.05, 0.1) is 0 Å². The van der Waals surface area contributed by atoms with E-state index in [0.29, 0.717) is 0 Å². The lowest BCUT2D eigenvalue weighted by Gasteiger charge is -2.31. The van der Waals surface area contributed by atoms with Crippen LogP contribution in [0.2, 0.25) is 0 Å². The van der Waals surface area contributed by atoms with E-state index in [0.717, 1.165) is 38.8 Å². The third-order valence-corrected chi connectivity index (χ3v) is 2.86. The first-order chi connectivity index (χ1) is 8.42. The van der Waals surface area contributed by atoms with E-state index in [1.54, 1.807) is 4.90 Å². The summed E-state index contributed by atoms with van der Waals surface area (Å²) in [6, 6.07) is 0. The largest absolute Gasteiger partial charge is 0.444 e. The molecule has 1 heterocycles. The van der Waals surface area contributed by atoms with Crippen molar-refractivity contribution in [3.05, 3.63) is 24.3 Å². The third-order valence-electron chi connectivity index (χ3n) is 2.86. The van der Waals surface area contributed by atoms with Crippen LogP contribution in [-0.2, 0) is 4.74 Å². The maximum Gasteiger partial charge on any atom is 0.410 e. The van der Waals surface area contributed by atoms with Gasteiger partial charge in [-0.2, -0.15) is 0 Å². The van der Waals surface area contributed by atoms with Crippen molar-refractivity contribution in [2.75, 3.05) is 13.1 Å². The number of likely N-dealkylation sites (tertiary alicyclic amines) is 1. The van der Waals surface area contributed by atoms with Gasteiger partial charge in [-0.05, 0) is 46.5 Å². The lowest BCUT2D eigenvalue weighted by Crippen LogP contribution is -2.40. The predicted molar refractivity (Wildman–Crippen MR) is 74.6 cm³/mol. The molecule has 1 saturated heterocycles. The summed E-state index contributed by atoms with van der Waals surface area (Å²) in [6.45, 7) is 11.0. The van der Waals surface area contributed by atoms with Gasteiger partial charge in [0.15, 0.2) is 0 Å². The molecule has 0 unspecified atom stereocenters. The zero-order valence-electron chi connectivity index (χ0n) is 11.9. The number of hydrogen-bond acceptors (Lipinski definition) is 2. The molecule has 102 valence electrons. The number of carbonyl (C=O) groups excluding carboxylic acids is 1. The van der Waals surface area contributed by atoms with Crippen LogP contribution in [0.5, 0.6) is 0 Å². The molecule has 18 heavy (non-hydrogen) atoms. The van der Waals surface area contributed by atoms with Crippen molar-refractivity contribution in [2.45, 2.75) is 52.1 Å². The number of allylic oxidation sites excluding steroid dienone is 2. The smallest absolute Gasteiger partial charge is 0.410 e. The van der Waals surface area contributed by atoms with E-state index in [9.17, 15) is 4.79 Å². The molecule has 0 aromatic carbocycles. The monoisotopic (exact) mass is 251 g/mol. The Morgan fingerprint density at radius 2 is 1.94 bits per heavy atom. The lowest BCUT2D eigenvalue weighted by molar-refractivity contribution is 0.0236. The molecule has 3 heteroatoms. The maximum absolute atomic E-state index is 11.9. The highest BCUT2D eigenvalue weighted by Gasteiger charge is 2.24. The molecule has 0 saturated carbocycles. The van der Waals surface area contributed by atoms with Gasteiger partial charge in [-0.3, -0.25) is 0 Å². The molecule has 0 atom stereocenters. The van der Waals surface area contributed by atoms with Crippen LogP contribution < -0.4 is 0 Å². The van der Waals surface area contributed by atoms with E-state index in [4.69, 9.17) is 4.74 Å². The Bertz CT molecular complexity index is 316. The van der Waals surface area contributed by atoms with Gasteiger partial charge in [-0.1, -0.05) is 17.7 Å². The summed E-state index contributed by atoms with van der Waals surface area (Å²) in [5.74, 6) is 0. The third kappa shape index (κ3) is 5.39. The van der Waals surface area contributed by atoms with E-state index < -0.39 is 5.60 Å². The number of ether oxygens (including phenoxy) is 1. The Balaban J connectivity index is 2.37. The van der Waals surface area contributed by atoms with Crippen LogP contribution in [0.4, 0.5) is 4.79 Å². The average molecular weight is 251 g/mol. The van der Waals surface area contributed by atoms with Crippen LogP contribution in [0.25, 0.3) is 0 Å². The molecule has 0 radical (unpaired) electrons. The fourth-order valence-corrected chi connectivity index (χ4v) is 1.91. The maximum atomic E-state index is 11.9. The molecular weight excluding hydrogens is 226 g/mol. The molecule has 1 fully saturated rings. The molecule has 0 bridgehead atoms. The van der Waals surface area contributed by atoms with Crippen molar-refractivity contribution in [3.63, 3.8) is 0 Å². The molecule has 1 aliphatic rings. The van der Waals surface area contributed by atoms with Gasteiger partial charge >= 0.3 is 6.09 Å².